The van der Waals surface area contributed by atoms with Crippen molar-refractivity contribution in [3.8, 4) is 0 Å². The molecule has 1 fully saturated rings. The number of hydrogen-bond acceptors (Lipinski definition) is 3. The third-order valence-corrected chi connectivity index (χ3v) is 5.37. The number of halogens is 2. The molecule has 0 unspecified atom stereocenters. The van der Waals surface area contributed by atoms with Crippen molar-refractivity contribution in [2.75, 3.05) is 13.1 Å². The first kappa shape index (κ1) is 22.2. The molecule has 0 N–H and O–H groups in total. The van der Waals surface area contributed by atoms with Crippen molar-refractivity contribution >= 4 is 6.09 Å². The Balaban J connectivity index is 1.90. The minimum absolute atomic E-state index is 0.0221. The van der Waals surface area contributed by atoms with Crippen LogP contribution in [0.25, 0.3) is 0 Å². The van der Waals surface area contributed by atoms with Crippen molar-refractivity contribution in [3.63, 3.8) is 0 Å². The van der Waals surface area contributed by atoms with Gasteiger partial charge in [-0.05, 0) is 70.0 Å². The molecule has 0 bridgehead atoms. The molecule has 2 aromatic rings. The Bertz CT molecular complexity index is 817. The Morgan fingerprint density at radius 1 is 0.900 bits per heavy atom. The van der Waals surface area contributed by atoms with Crippen LogP contribution in [0.1, 0.15) is 51.8 Å². The Morgan fingerprint density at radius 3 is 1.80 bits per heavy atom. The first-order valence-corrected chi connectivity index (χ1v) is 10.3. The summed E-state index contributed by atoms with van der Waals surface area (Å²) in [5, 5.41) is 0. The van der Waals surface area contributed by atoms with Gasteiger partial charge in [0, 0.05) is 25.2 Å². The average Bonchev–Trinajstić information content (AvgIpc) is 2.66. The summed E-state index contributed by atoms with van der Waals surface area (Å²) in [6.07, 6.45) is -0.318. The minimum Gasteiger partial charge on any atom is -0.444 e. The smallest absolute Gasteiger partial charge is 0.410 e. The Kier molecular flexibility index (Phi) is 6.46. The highest BCUT2D eigenvalue weighted by atomic mass is 19.1. The number of carbonyl (C=O) groups is 1. The molecule has 30 heavy (non-hydrogen) atoms. The summed E-state index contributed by atoms with van der Waals surface area (Å²) in [5.74, 6) is -0.597. The molecular weight excluding hydrogens is 386 g/mol. The maximum absolute atomic E-state index is 13.5. The molecule has 1 saturated heterocycles. The quantitative estimate of drug-likeness (QED) is 0.673. The van der Waals surface area contributed by atoms with Crippen LogP contribution in [-0.2, 0) is 4.74 Å². The van der Waals surface area contributed by atoms with Gasteiger partial charge in [0.05, 0.1) is 6.04 Å². The fraction of sp³-hybridized carbons (Fsp3) is 0.458. The van der Waals surface area contributed by atoms with Gasteiger partial charge < -0.3 is 9.64 Å². The van der Waals surface area contributed by atoms with Gasteiger partial charge in [0.1, 0.15) is 17.2 Å². The van der Waals surface area contributed by atoms with Gasteiger partial charge in [-0.1, -0.05) is 24.3 Å². The topological polar surface area (TPSA) is 32.8 Å². The molecule has 0 spiro atoms. The highest BCUT2D eigenvalue weighted by molar-refractivity contribution is 5.68. The largest absolute Gasteiger partial charge is 0.444 e. The van der Waals surface area contributed by atoms with Crippen LogP contribution in [0, 0.1) is 11.6 Å². The normalized spacial score (nSPS) is 20.5. The summed E-state index contributed by atoms with van der Waals surface area (Å²) in [7, 11) is 0. The monoisotopic (exact) mass is 416 g/mol. The van der Waals surface area contributed by atoms with Crippen LogP contribution in [0.5, 0.6) is 0 Å². The lowest BCUT2D eigenvalue weighted by molar-refractivity contribution is -0.0163. The van der Waals surface area contributed by atoms with E-state index >= 15 is 0 Å². The number of piperazine rings is 1. The van der Waals surface area contributed by atoms with Gasteiger partial charge in [-0.15, -0.1) is 0 Å². The van der Waals surface area contributed by atoms with E-state index in [1.807, 2.05) is 27.7 Å². The molecular formula is C24H30F2N2O2. The van der Waals surface area contributed by atoms with E-state index in [0.717, 1.165) is 11.1 Å². The Hall–Kier alpha value is -2.47. The SMILES string of the molecule is C[C@@H]1CN(C(c2ccc(F)cc2)c2ccc(F)cc2)[C@@H](C)CN1C(=O)OC(C)(C)C. The van der Waals surface area contributed by atoms with Crippen LogP contribution in [0.2, 0.25) is 0 Å². The first-order valence-electron chi connectivity index (χ1n) is 10.3. The molecule has 2 aromatic carbocycles. The van der Waals surface area contributed by atoms with E-state index in [-0.39, 0.29) is 35.9 Å². The average molecular weight is 417 g/mol. The zero-order valence-corrected chi connectivity index (χ0v) is 18.2. The van der Waals surface area contributed by atoms with E-state index < -0.39 is 5.60 Å². The van der Waals surface area contributed by atoms with Gasteiger partial charge in [0.15, 0.2) is 0 Å². The van der Waals surface area contributed by atoms with Crippen LogP contribution in [0.15, 0.2) is 48.5 Å². The van der Waals surface area contributed by atoms with E-state index in [2.05, 4.69) is 11.8 Å². The van der Waals surface area contributed by atoms with Crippen molar-refractivity contribution in [2.24, 2.45) is 0 Å². The van der Waals surface area contributed by atoms with Crippen molar-refractivity contribution in [1.82, 2.24) is 9.80 Å². The second-order valence-corrected chi connectivity index (χ2v) is 9.03. The van der Waals surface area contributed by atoms with Crippen LogP contribution in [0.3, 0.4) is 0 Å². The molecule has 0 aliphatic carbocycles. The van der Waals surface area contributed by atoms with E-state index in [1.165, 1.54) is 24.3 Å². The molecule has 0 saturated carbocycles. The maximum atomic E-state index is 13.5. The third kappa shape index (κ3) is 5.17. The van der Waals surface area contributed by atoms with Crippen molar-refractivity contribution in [1.29, 1.82) is 0 Å². The zero-order valence-electron chi connectivity index (χ0n) is 18.2. The summed E-state index contributed by atoms with van der Waals surface area (Å²) >= 11 is 0. The van der Waals surface area contributed by atoms with Crippen molar-refractivity contribution < 1.29 is 18.3 Å². The number of carbonyl (C=O) groups excluding carboxylic acids is 1. The lowest BCUT2D eigenvalue weighted by Gasteiger charge is -2.47. The second-order valence-electron chi connectivity index (χ2n) is 9.03. The third-order valence-electron chi connectivity index (χ3n) is 5.37. The number of rotatable bonds is 3. The van der Waals surface area contributed by atoms with Gasteiger partial charge in [-0.25, -0.2) is 13.6 Å². The summed E-state index contributed by atoms with van der Waals surface area (Å²) in [6, 6.07) is 12.6. The van der Waals surface area contributed by atoms with Crippen molar-refractivity contribution in [2.45, 2.75) is 58.3 Å². The van der Waals surface area contributed by atoms with E-state index in [1.54, 1.807) is 29.2 Å². The molecule has 3 rings (SSSR count). The fourth-order valence-electron chi connectivity index (χ4n) is 3.95. The van der Waals surface area contributed by atoms with Gasteiger partial charge >= 0.3 is 6.09 Å². The van der Waals surface area contributed by atoms with E-state index in [0.29, 0.717) is 13.1 Å². The van der Waals surface area contributed by atoms with Gasteiger partial charge in [0.25, 0.3) is 0 Å². The fourth-order valence-corrected chi connectivity index (χ4v) is 3.95. The zero-order chi connectivity index (χ0) is 22.1. The molecule has 4 nitrogen and oxygen atoms in total. The standard InChI is InChI=1S/C24H30F2N2O2/c1-16-15-28(23(29)30-24(3,4)5)17(2)14-27(16)22(18-6-10-20(25)11-7-18)19-8-12-21(26)13-9-19/h6-13,16-17,22H,14-15H2,1-5H3/t16-,17+/m0/s1. The molecule has 1 aliphatic heterocycles. The number of hydrogen-bond donors (Lipinski definition) is 0. The van der Waals surface area contributed by atoms with Gasteiger partial charge in [-0.3, -0.25) is 4.90 Å². The number of nitrogens with zero attached hydrogens (tertiary/aromatic N) is 2. The second kappa shape index (κ2) is 8.72. The molecule has 6 heteroatoms. The van der Waals surface area contributed by atoms with Crippen LogP contribution in [-0.4, -0.2) is 46.7 Å². The molecule has 162 valence electrons. The molecule has 1 heterocycles. The minimum atomic E-state index is -0.554. The number of ether oxygens (including phenoxy) is 1. The van der Waals surface area contributed by atoms with E-state index in [4.69, 9.17) is 4.74 Å². The Morgan fingerprint density at radius 2 is 1.37 bits per heavy atom. The number of amides is 1. The van der Waals surface area contributed by atoms with Gasteiger partial charge in [-0.2, -0.15) is 0 Å². The highest BCUT2D eigenvalue weighted by Crippen LogP contribution is 2.34. The predicted octanol–water partition coefficient (Wildman–Crippen LogP) is 5.38. The molecule has 1 amide bonds. The molecule has 0 radical (unpaired) electrons. The summed E-state index contributed by atoms with van der Waals surface area (Å²) in [4.78, 5) is 16.7. The first-order chi connectivity index (χ1) is 14.0. The lowest BCUT2D eigenvalue weighted by atomic mass is 9.93. The predicted molar refractivity (Wildman–Crippen MR) is 113 cm³/mol. The lowest BCUT2D eigenvalue weighted by Crippen LogP contribution is -2.59. The van der Waals surface area contributed by atoms with E-state index in [9.17, 15) is 13.6 Å². The number of benzene rings is 2. The Labute approximate surface area is 177 Å². The summed E-state index contributed by atoms with van der Waals surface area (Å²) in [6.45, 7) is 10.7. The van der Waals surface area contributed by atoms with Crippen LogP contribution < -0.4 is 0 Å². The molecule has 2 atom stereocenters. The van der Waals surface area contributed by atoms with Crippen LogP contribution >= 0.6 is 0 Å². The molecule has 0 aromatic heterocycles. The van der Waals surface area contributed by atoms with Crippen molar-refractivity contribution in [3.05, 3.63) is 71.3 Å². The van der Waals surface area contributed by atoms with Gasteiger partial charge in [0.2, 0.25) is 0 Å². The summed E-state index contributed by atoms with van der Waals surface area (Å²) in [5.41, 5.74) is 1.29. The highest BCUT2D eigenvalue weighted by Gasteiger charge is 2.38. The summed E-state index contributed by atoms with van der Waals surface area (Å²) < 4.78 is 32.7. The van der Waals surface area contributed by atoms with Crippen LogP contribution in [0.4, 0.5) is 13.6 Å². The maximum Gasteiger partial charge on any atom is 0.410 e. The molecule has 1 aliphatic rings.